The molecule has 108 valence electrons. The fraction of sp³-hybridized carbons (Fsp3) is 0.235. The molecule has 1 N–H and O–H groups in total. The third-order valence-electron chi connectivity index (χ3n) is 3.21. The summed E-state index contributed by atoms with van der Waals surface area (Å²) >= 11 is 0. The zero-order valence-electron chi connectivity index (χ0n) is 11.8. The minimum atomic E-state index is -0.197. The molecule has 0 unspecified atom stereocenters. The number of nitrogens with zero attached hydrogens (tertiary/aromatic N) is 1. The molecule has 0 heterocycles. The predicted molar refractivity (Wildman–Crippen MR) is 79.2 cm³/mol. The summed E-state index contributed by atoms with van der Waals surface area (Å²) in [4.78, 5) is 0. The van der Waals surface area contributed by atoms with Crippen LogP contribution in [0.3, 0.4) is 0 Å². The molecule has 0 fully saturated rings. The molecule has 2 rings (SSSR count). The van der Waals surface area contributed by atoms with Gasteiger partial charge in [0.1, 0.15) is 17.6 Å². The van der Waals surface area contributed by atoms with E-state index >= 15 is 0 Å². The van der Waals surface area contributed by atoms with E-state index < -0.39 is 0 Å². The molecule has 2 aromatic rings. The van der Waals surface area contributed by atoms with Gasteiger partial charge in [0, 0.05) is 18.2 Å². The molecule has 0 amide bonds. The highest BCUT2D eigenvalue weighted by molar-refractivity contribution is 5.28. The predicted octanol–water partition coefficient (Wildman–Crippen LogP) is 3.58. The largest absolute Gasteiger partial charge is 0.479 e. The van der Waals surface area contributed by atoms with Crippen molar-refractivity contribution in [2.75, 3.05) is 6.61 Å². The molecule has 0 bridgehead atoms. The minimum absolute atomic E-state index is 0.0436. The number of halogens is 1. The van der Waals surface area contributed by atoms with Gasteiger partial charge in [0.15, 0.2) is 6.61 Å². The molecule has 0 radical (unpaired) electrons. The maximum Gasteiger partial charge on any atom is 0.174 e. The van der Waals surface area contributed by atoms with Crippen molar-refractivity contribution in [2.24, 2.45) is 0 Å². The Labute approximate surface area is 124 Å². The maximum atomic E-state index is 13.7. The first-order valence-corrected chi connectivity index (χ1v) is 6.77. The third-order valence-corrected chi connectivity index (χ3v) is 3.21. The van der Waals surface area contributed by atoms with Crippen molar-refractivity contribution >= 4 is 0 Å². The minimum Gasteiger partial charge on any atom is -0.479 e. The van der Waals surface area contributed by atoms with E-state index in [1.165, 1.54) is 6.07 Å². The molecule has 3 nitrogen and oxygen atoms in total. The fourth-order valence-electron chi connectivity index (χ4n) is 2.03. The molecule has 0 aliphatic heterocycles. The van der Waals surface area contributed by atoms with E-state index in [2.05, 4.69) is 5.32 Å². The standard InChI is InChI=1S/C17H17FN2O/c1-13(16-4-2-3-5-17(16)18)20-12-14-6-8-15(9-7-14)21-11-10-19/h2-9,13,20H,11-12H2,1H3/t13-/m1/s1. The first kappa shape index (κ1) is 15.0. The number of ether oxygens (including phenoxy) is 1. The highest BCUT2D eigenvalue weighted by Crippen LogP contribution is 2.17. The van der Waals surface area contributed by atoms with Gasteiger partial charge in [-0.25, -0.2) is 4.39 Å². The van der Waals surface area contributed by atoms with Gasteiger partial charge in [-0.2, -0.15) is 5.26 Å². The number of benzene rings is 2. The van der Waals surface area contributed by atoms with E-state index in [0.717, 1.165) is 5.56 Å². The van der Waals surface area contributed by atoms with Crippen molar-refractivity contribution in [3.05, 3.63) is 65.5 Å². The first-order valence-electron chi connectivity index (χ1n) is 6.77. The molecule has 0 aliphatic rings. The van der Waals surface area contributed by atoms with E-state index in [4.69, 9.17) is 10.00 Å². The molecule has 4 heteroatoms. The van der Waals surface area contributed by atoms with Crippen LogP contribution >= 0.6 is 0 Å². The van der Waals surface area contributed by atoms with Crippen LogP contribution in [0.4, 0.5) is 4.39 Å². The normalized spacial score (nSPS) is 11.7. The molecule has 0 saturated heterocycles. The van der Waals surface area contributed by atoms with Crippen molar-refractivity contribution in [3.8, 4) is 11.8 Å². The third kappa shape index (κ3) is 4.30. The van der Waals surface area contributed by atoms with Gasteiger partial charge in [-0.15, -0.1) is 0 Å². The van der Waals surface area contributed by atoms with E-state index in [0.29, 0.717) is 17.9 Å². The van der Waals surface area contributed by atoms with Crippen LogP contribution in [0, 0.1) is 17.1 Å². The molecular formula is C17H17FN2O. The van der Waals surface area contributed by atoms with Crippen molar-refractivity contribution in [3.63, 3.8) is 0 Å². The van der Waals surface area contributed by atoms with Gasteiger partial charge in [0.25, 0.3) is 0 Å². The number of nitriles is 1. The average Bonchev–Trinajstić information content (AvgIpc) is 2.52. The van der Waals surface area contributed by atoms with Gasteiger partial charge >= 0.3 is 0 Å². The van der Waals surface area contributed by atoms with Crippen LogP contribution in [0.5, 0.6) is 5.75 Å². The summed E-state index contributed by atoms with van der Waals surface area (Å²) in [5.41, 5.74) is 1.73. The van der Waals surface area contributed by atoms with Crippen LogP contribution in [0.2, 0.25) is 0 Å². The summed E-state index contributed by atoms with van der Waals surface area (Å²) in [5, 5.41) is 11.7. The van der Waals surface area contributed by atoms with Crippen molar-refractivity contribution in [1.29, 1.82) is 5.26 Å². The average molecular weight is 284 g/mol. The summed E-state index contributed by atoms with van der Waals surface area (Å²) in [5.74, 6) is 0.472. The second-order valence-electron chi connectivity index (χ2n) is 4.71. The Morgan fingerprint density at radius 1 is 1.19 bits per heavy atom. The van der Waals surface area contributed by atoms with Crippen LogP contribution in [0.15, 0.2) is 48.5 Å². The molecule has 2 aromatic carbocycles. The lowest BCUT2D eigenvalue weighted by molar-refractivity contribution is 0.368. The van der Waals surface area contributed by atoms with Gasteiger partial charge in [-0.05, 0) is 30.7 Å². The summed E-state index contributed by atoms with van der Waals surface area (Å²) in [6.45, 7) is 2.61. The zero-order valence-corrected chi connectivity index (χ0v) is 11.8. The Bertz CT molecular complexity index is 619. The second kappa shape index (κ2) is 7.41. The number of hydrogen-bond acceptors (Lipinski definition) is 3. The van der Waals surface area contributed by atoms with Crippen LogP contribution in [0.1, 0.15) is 24.1 Å². The lowest BCUT2D eigenvalue weighted by Crippen LogP contribution is -2.19. The molecule has 0 aromatic heterocycles. The van der Waals surface area contributed by atoms with Crippen LogP contribution in [-0.2, 0) is 6.54 Å². The molecule has 21 heavy (non-hydrogen) atoms. The molecule has 0 saturated carbocycles. The summed E-state index contributed by atoms with van der Waals surface area (Å²) < 4.78 is 18.8. The summed E-state index contributed by atoms with van der Waals surface area (Å²) in [6, 6.07) is 16.1. The van der Waals surface area contributed by atoms with Crippen molar-refractivity contribution < 1.29 is 9.13 Å². The van der Waals surface area contributed by atoms with E-state index in [-0.39, 0.29) is 18.5 Å². The second-order valence-corrected chi connectivity index (χ2v) is 4.71. The maximum absolute atomic E-state index is 13.7. The van der Waals surface area contributed by atoms with Crippen LogP contribution in [-0.4, -0.2) is 6.61 Å². The number of rotatable bonds is 6. The molecule has 0 aliphatic carbocycles. The van der Waals surface area contributed by atoms with Gasteiger partial charge in [0.05, 0.1) is 0 Å². The van der Waals surface area contributed by atoms with Crippen LogP contribution < -0.4 is 10.1 Å². The van der Waals surface area contributed by atoms with Crippen molar-refractivity contribution in [1.82, 2.24) is 5.32 Å². The Morgan fingerprint density at radius 2 is 1.90 bits per heavy atom. The van der Waals surface area contributed by atoms with Gasteiger partial charge in [-0.3, -0.25) is 0 Å². The SMILES string of the molecule is C[C@@H](NCc1ccc(OCC#N)cc1)c1ccccc1F. The lowest BCUT2D eigenvalue weighted by atomic mass is 10.1. The Hall–Kier alpha value is -2.38. The number of nitrogens with one attached hydrogen (secondary N) is 1. The van der Waals surface area contributed by atoms with Gasteiger partial charge in [-0.1, -0.05) is 30.3 Å². The van der Waals surface area contributed by atoms with E-state index in [1.54, 1.807) is 12.1 Å². The van der Waals surface area contributed by atoms with Crippen molar-refractivity contribution in [2.45, 2.75) is 19.5 Å². The van der Waals surface area contributed by atoms with Crippen LogP contribution in [0.25, 0.3) is 0 Å². The number of hydrogen-bond donors (Lipinski definition) is 1. The highest BCUT2D eigenvalue weighted by atomic mass is 19.1. The Balaban J connectivity index is 1.91. The Kier molecular flexibility index (Phi) is 5.30. The van der Waals surface area contributed by atoms with E-state index in [1.807, 2.05) is 43.3 Å². The van der Waals surface area contributed by atoms with E-state index in [9.17, 15) is 4.39 Å². The van der Waals surface area contributed by atoms with Gasteiger partial charge < -0.3 is 10.1 Å². The molecule has 1 atom stereocenters. The molecule has 0 spiro atoms. The quantitative estimate of drug-likeness (QED) is 0.882. The summed E-state index contributed by atoms with van der Waals surface area (Å²) in [6.07, 6.45) is 0. The first-order chi connectivity index (χ1) is 10.2. The monoisotopic (exact) mass is 284 g/mol. The lowest BCUT2D eigenvalue weighted by Gasteiger charge is -2.15. The molecular weight excluding hydrogens is 267 g/mol. The van der Waals surface area contributed by atoms with Gasteiger partial charge in [0.2, 0.25) is 0 Å². The fourth-order valence-corrected chi connectivity index (χ4v) is 2.03. The topological polar surface area (TPSA) is 45.0 Å². The summed E-state index contributed by atoms with van der Waals surface area (Å²) in [7, 11) is 0. The Morgan fingerprint density at radius 3 is 2.57 bits per heavy atom. The zero-order chi connectivity index (χ0) is 15.1. The highest BCUT2D eigenvalue weighted by Gasteiger charge is 2.09. The smallest absolute Gasteiger partial charge is 0.174 e.